The molecule has 0 radical (unpaired) electrons. The van der Waals surface area contributed by atoms with Crippen LogP contribution in [-0.4, -0.2) is 60.2 Å². The average molecular weight is 355 g/mol. The maximum Gasteiger partial charge on any atom is 0.274 e. The fourth-order valence-electron chi connectivity index (χ4n) is 2.88. The van der Waals surface area contributed by atoms with E-state index >= 15 is 0 Å². The summed E-state index contributed by atoms with van der Waals surface area (Å²) in [7, 11) is 0. The molecule has 1 aliphatic heterocycles. The van der Waals surface area contributed by atoms with Crippen molar-refractivity contribution in [1.82, 2.24) is 14.9 Å². The van der Waals surface area contributed by atoms with E-state index in [0.29, 0.717) is 11.5 Å². The number of carbonyl (C=O) groups is 1. The average Bonchev–Trinajstić information content (AvgIpc) is 2.69. The number of carbonyl (C=O) groups excluding carboxylic acids is 1. The van der Waals surface area contributed by atoms with E-state index in [0.717, 1.165) is 57.1 Å². The van der Waals surface area contributed by atoms with E-state index in [9.17, 15) is 4.79 Å². The molecule has 1 aromatic heterocycles. The van der Waals surface area contributed by atoms with Crippen LogP contribution in [0.5, 0.6) is 0 Å². The Balaban J connectivity index is 1.56. The van der Waals surface area contributed by atoms with Crippen molar-refractivity contribution in [3.05, 3.63) is 47.9 Å². The van der Waals surface area contributed by atoms with Crippen molar-refractivity contribution in [3.63, 3.8) is 0 Å². The van der Waals surface area contributed by atoms with Gasteiger partial charge in [-0.05, 0) is 18.1 Å². The van der Waals surface area contributed by atoms with Crippen LogP contribution < -0.4 is 10.6 Å². The highest BCUT2D eigenvalue weighted by molar-refractivity contribution is 6.03. The van der Waals surface area contributed by atoms with E-state index in [2.05, 4.69) is 32.4 Å². The van der Waals surface area contributed by atoms with Gasteiger partial charge < -0.3 is 15.4 Å². The molecule has 1 aliphatic rings. The van der Waals surface area contributed by atoms with Gasteiger partial charge in [0.1, 0.15) is 17.8 Å². The summed E-state index contributed by atoms with van der Waals surface area (Å²) in [6.45, 7) is 7.22. The van der Waals surface area contributed by atoms with Crippen LogP contribution in [0.4, 0.5) is 11.5 Å². The first-order valence-electron chi connectivity index (χ1n) is 9.01. The second-order valence-electron chi connectivity index (χ2n) is 6.13. The van der Waals surface area contributed by atoms with Crippen molar-refractivity contribution in [3.8, 4) is 0 Å². The quantitative estimate of drug-likeness (QED) is 0.791. The van der Waals surface area contributed by atoms with Crippen LogP contribution in [0.3, 0.4) is 0 Å². The summed E-state index contributed by atoms with van der Waals surface area (Å²) in [5.74, 6) is 0.423. The van der Waals surface area contributed by atoms with Crippen LogP contribution in [0.1, 0.15) is 23.0 Å². The predicted octanol–water partition coefficient (Wildman–Crippen LogP) is 2.04. The number of aryl methyl sites for hydroxylation is 1. The monoisotopic (exact) mass is 355 g/mol. The van der Waals surface area contributed by atoms with Gasteiger partial charge in [-0.3, -0.25) is 9.69 Å². The summed E-state index contributed by atoms with van der Waals surface area (Å²) in [5.41, 5.74) is 2.26. The molecule has 1 amide bonds. The molecule has 0 saturated carbocycles. The Morgan fingerprint density at radius 3 is 2.85 bits per heavy atom. The van der Waals surface area contributed by atoms with Crippen LogP contribution in [0.25, 0.3) is 0 Å². The highest BCUT2D eigenvalue weighted by Crippen LogP contribution is 2.16. The number of amides is 1. The summed E-state index contributed by atoms with van der Waals surface area (Å²) in [6, 6.07) is 9.47. The van der Waals surface area contributed by atoms with Gasteiger partial charge in [-0.15, -0.1) is 0 Å². The molecule has 2 aromatic rings. The van der Waals surface area contributed by atoms with Crippen molar-refractivity contribution in [2.45, 2.75) is 13.3 Å². The number of aromatic nitrogens is 2. The highest BCUT2D eigenvalue weighted by Gasteiger charge is 2.12. The van der Waals surface area contributed by atoms with E-state index in [1.54, 1.807) is 6.07 Å². The number of anilines is 2. The third-order valence-electron chi connectivity index (χ3n) is 4.38. The summed E-state index contributed by atoms with van der Waals surface area (Å²) in [6.07, 6.45) is 2.27. The maximum absolute atomic E-state index is 12.5. The summed E-state index contributed by atoms with van der Waals surface area (Å²) in [4.78, 5) is 23.1. The molecule has 0 bridgehead atoms. The molecule has 0 aliphatic carbocycles. The summed E-state index contributed by atoms with van der Waals surface area (Å²) >= 11 is 0. The number of hydrogen-bond acceptors (Lipinski definition) is 6. The topological polar surface area (TPSA) is 79.4 Å². The standard InChI is InChI=1S/C19H25N5O2/c1-2-15-5-3-4-6-16(15)23-19(25)17-13-18(22-14-21-17)20-7-8-24-9-11-26-12-10-24/h3-6,13-14H,2,7-12H2,1H3,(H,23,25)(H,20,21,22). The summed E-state index contributed by atoms with van der Waals surface area (Å²) < 4.78 is 5.34. The van der Waals surface area contributed by atoms with Crippen LogP contribution in [-0.2, 0) is 11.2 Å². The van der Waals surface area contributed by atoms with Gasteiger partial charge >= 0.3 is 0 Å². The largest absolute Gasteiger partial charge is 0.379 e. The lowest BCUT2D eigenvalue weighted by Crippen LogP contribution is -2.39. The first-order chi connectivity index (χ1) is 12.8. The van der Waals surface area contributed by atoms with Crippen molar-refractivity contribution < 1.29 is 9.53 Å². The van der Waals surface area contributed by atoms with Crippen molar-refractivity contribution in [2.24, 2.45) is 0 Å². The third kappa shape index (κ3) is 5.00. The molecule has 1 saturated heterocycles. The number of para-hydroxylation sites is 1. The zero-order valence-electron chi connectivity index (χ0n) is 15.1. The second-order valence-corrected chi connectivity index (χ2v) is 6.13. The number of nitrogens with zero attached hydrogens (tertiary/aromatic N) is 3. The van der Waals surface area contributed by atoms with Crippen LogP contribution in [0, 0.1) is 0 Å². The molecule has 1 fully saturated rings. The number of rotatable bonds is 7. The fraction of sp³-hybridized carbons (Fsp3) is 0.421. The van der Waals surface area contributed by atoms with E-state index in [-0.39, 0.29) is 5.91 Å². The molecule has 2 heterocycles. The minimum Gasteiger partial charge on any atom is -0.379 e. The molecular formula is C19H25N5O2. The van der Waals surface area contributed by atoms with Crippen LogP contribution in [0.2, 0.25) is 0 Å². The van der Waals surface area contributed by atoms with Crippen molar-refractivity contribution in [2.75, 3.05) is 50.0 Å². The number of nitrogens with one attached hydrogen (secondary N) is 2. The zero-order chi connectivity index (χ0) is 18.2. The zero-order valence-corrected chi connectivity index (χ0v) is 15.1. The van der Waals surface area contributed by atoms with Gasteiger partial charge in [0.05, 0.1) is 13.2 Å². The molecule has 7 heteroatoms. The van der Waals surface area contributed by atoms with Crippen LogP contribution >= 0.6 is 0 Å². The van der Waals surface area contributed by atoms with E-state index < -0.39 is 0 Å². The van der Waals surface area contributed by atoms with Gasteiger partial charge in [0.2, 0.25) is 0 Å². The Bertz CT molecular complexity index is 731. The number of morpholine rings is 1. The highest BCUT2D eigenvalue weighted by atomic mass is 16.5. The van der Waals surface area contributed by atoms with E-state index in [4.69, 9.17) is 4.74 Å². The molecule has 0 unspecified atom stereocenters. The lowest BCUT2D eigenvalue weighted by atomic mass is 10.1. The molecule has 138 valence electrons. The van der Waals surface area contributed by atoms with Crippen LogP contribution in [0.15, 0.2) is 36.7 Å². The lowest BCUT2D eigenvalue weighted by Gasteiger charge is -2.26. The molecule has 3 rings (SSSR count). The SMILES string of the molecule is CCc1ccccc1NC(=O)c1cc(NCCN2CCOCC2)ncn1. The first-order valence-corrected chi connectivity index (χ1v) is 9.01. The summed E-state index contributed by atoms with van der Waals surface area (Å²) in [5, 5.41) is 6.19. The van der Waals surface area contributed by atoms with Gasteiger partial charge in [-0.25, -0.2) is 9.97 Å². The predicted molar refractivity (Wildman–Crippen MR) is 102 cm³/mol. The first kappa shape index (κ1) is 18.3. The normalized spacial score (nSPS) is 14.8. The Hall–Kier alpha value is -2.51. The van der Waals surface area contributed by atoms with Gasteiger partial charge in [0.15, 0.2) is 0 Å². The van der Waals surface area contributed by atoms with Crippen molar-refractivity contribution >= 4 is 17.4 Å². The van der Waals surface area contributed by atoms with Gasteiger partial charge in [-0.1, -0.05) is 25.1 Å². The Morgan fingerprint density at radius 2 is 2.04 bits per heavy atom. The Morgan fingerprint density at radius 1 is 1.23 bits per heavy atom. The van der Waals surface area contributed by atoms with Crippen molar-refractivity contribution in [1.29, 1.82) is 0 Å². The molecule has 1 aromatic carbocycles. The van der Waals surface area contributed by atoms with Gasteiger partial charge in [-0.2, -0.15) is 0 Å². The number of benzene rings is 1. The molecule has 0 spiro atoms. The smallest absolute Gasteiger partial charge is 0.274 e. The Kier molecular flexibility index (Phi) is 6.51. The molecule has 7 nitrogen and oxygen atoms in total. The Labute approximate surface area is 153 Å². The number of ether oxygens (including phenoxy) is 1. The molecule has 0 atom stereocenters. The number of hydrogen-bond donors (Lipinski definition) is 2. The molecule has 2 N–H and O–H groups in total. The fourth-order valence-corrected chi connectivity index (χ4v) is 2.88. The van der Waals surface area contributed by atoms with E-state index in [1.165, 1.54) is 6.33 Å². The lowest BCUT2D eigenvalue weighted by molar-refractivity contribution is 0.0398. The van der Waals surface area contributed by atoms with E-state index in [1.807, 2.05) is 24.3 Å². The third-order valence-corrected chi connectivity index (χ3v) is 4.38. The molecule has 26 heavy (non-hydrogen) atoms. The maximum atomic E-state index is 12.5. The van der Waals surface area contributed by atoms with Gasteiger partial charge in [0, 0.05) is 37.9 Å². The van der Waals surface area contributed by atoms with Gasteiger partial charge in [0.25, 0.3) is 5.91 Å². The second kappa shape index (κ2) is 9.26. The minimum atomic E-state index is -0.232. The minimum absolute atomic E-state index is 0.232. The molecular weight excluding hydrogens is 330 g/mol.